The smallest absolute Gasteiger partial charge is 0.267 e. The van der Waals surface area contributed by atoms with Gasteiger partial charge in [-0.3, -0.25) is 14.4 Å². The van der Waals surface area contributed by atoms with E-state index in [0.717, 1.165) is 4.68 Å². The lowest BCUT2D eigenvalue weighted by molar-refractivity contribution is -0.138. The van der Waals surface area contributed by atoms with E-state index in [1.165, 1.54) is 52.3 Å². The van der Waals surface area contributed by atoms with Crippen molar-refractivity contribution in [1.29, 1.82) is 0 Å². The molecule has 0 aliphatic carbocycles. The quantitative estimate of drug-likeness (QED) is 0.719. The first-order chi connectivity index (χ1) is 12.3. The van der Waals surface area contributed by atoms with Crippen molar-refractivity contribution in [1.82, 2.24) is 14.7 Å². The third-order valence-electron chi connectivity index (χ3n) is 3.81. The van der Waals surface area contributed by atoms with Gasteiger partial charge in [0.25, 0.3) is 11.5 Å². The molecular formula is C18H21N3O5. The molecule has 26 heavy (non-hydrogen) atoms. The fourth-order valence-electron chi connectivity index (χ4n) is 2.46. The van der Waals surface area contributed by atoms with E-state index in [2.05, 4.69) is 5.10 Å². The van der Waals surface area contributed by atoms with Crippen LogP contribution in [-0.4, -0.2) is 54.7 Å². The lowest BCUT2D eigenvalue weighted by atomic mass is 10.1. The van der Waals surface area contributed by atoms with E-state index in [9.17, 15) is 14.4 Å². The molecule has 1 heterocycles. The van der Waals surface area contributed by atoms with Crippen LogP contribution in [0.2, 0.25) is 0 Å². The molecule has 1 aromatic carbocycles. The molecule has 2 aromatic rings. The number of carbonyl (C=O) groups excluding carboxylic acids is 2. The largest absolute Gasteiger partial charge is 0.497 e. The van der Waals surface area contributed by atoms with Crippen LogP contribution in [0.3, 0.4) is 0 Å². The highest BCUT2D eigenvalue weighted by molar-refractivity contribution is 6.02. The van der Waals surface area contributed by atoms with E-state index >= 15 is 0 Å². The maximum absolute atomic E-state index is 12.4. The molecule has 138 valence electrons. The predicted molar refractivity (Wildman–Crippen MR) is 95.4 cm³/mol. The van der Waals surface area contributed by atoms with Gasteiger partial charge in [0.1, 0.15) is 11.5 Å². The second-order valence-electron chi connectivity index (χ2n) is 5.81. The Morgan fingerprint density at radius 2 is 1.81 bits per heavy atom. The Balaban J connectivity index is 2.66. The molecular weight excluding hydrogens is 338 g/mol. The maximum Gasteiger partial charge on any atom is 0.267 e. The summed E-state index contributed by atoms with van der Waals surface area (Å²) in [5.74, 6) is 0.0876. The van der Waals surface area contributed by atoms with Gasteiger partial charge in [0.2, 0.25) is 0 Å². The molecule has 0 radical (unpaired) electrons. The molecule has 0 spiro atoms. The number of benzene rings is 1. The topological polar surface area (TPSA) is 90.7 Å². The van der Waals surface area contributed by atoms with Crippen LogP contribution in [0, 0.1) is 0 Å². The van der Waals surface area contributed by atoms with Crippen molar-refractivity contribution < 1.29 is 19.1 Å². The monoisotopic (exact) mass is 359 g/mol. The zero-order chi connectivity index (χ0) is 19.4. The van der Waals surface area contributed by atoms with Gasteiger partial charge in [-0.15, -0.1) is 0 Å². The van der Waals surface area contributed by atoms with Crippen LogP contribution in [-0.2, 0) is 9.59 Å². The number of carbonyl (C=O) groups is 2. The molecule has 1 atom stereocenters. The maximum atomic E-state index is 12.4. The summed E-state index contributed by atoms with van der Waals surface area (Å²) in [7, 11) is 6.06. The number of nitrogens with zero attached hydrogens (tertiary/aromatic N) is 3. The first kappa shape index (κ1) is 19.2. The molecule has 0 aliphatic heterocycles. The predicted octanol–water partition coefficient (Wildman–Crippen LogP) is 1.15. The van der Waals surface area contributed by atoms with Crippen molar-refractivity contribution in [3.8, 4) is 22.8 Å². The number of rotatable bonds is 6. The van der Waals surface area contributed by atoms with Crippen LogP contribution in [0.5, 0.6) is 11.5 Å². The number of hydrogen-bond donors (Lipinski definition) is 0. The van der Waals surface area contributed by atoms with E-state index in [-0.39, 0.29) is 0 Å². The molecule has 0 saturated heterocycles. The van der Waals surface area contributed by atoms with Gasteiger partial charge < -0.3 is 14.4 Å². The van der Waals surface area contributed by atoms with Crippen molar-refractivity contribution in [2.24, 2.45) is 0 Å². The van der Waals surface area contributed by atoms with Crippen LogP contribution < -0.4 is 15.0 Å². The molecule has 1 aromatic heterocycles. The van der Waals surface area contributed by atoms with E-state index in [1.807, 2.05) is 0 Å². The number of amides is 1. The number of likely N-dealkylation sites (N-methyl/N-ethyl adjacent to an activating group) is 1. The number of aromatic nitrogens is 2. The van der Waals surface area contributed by atoms with Crippen molar-refractivity contribution >= 4 is 11.7 Å². The van der Waals surface area contributed by atoms with Crippen molar-refractivity contribution in [2.45, 2.75) is 13.0 Å². The highest BCUT2D eigenvalue weighted by Crippen LogP contribution is 2.31. The number of ether oxygens (including phenoxy) is 2. The average Bonchev–Trinajstić information content (AvgIpc) is 2.62. The molecule has 8 heteroatoms. The Kier molecular flexibility index (Phi) is 5.76. The highest BCUT2D eigenvalue weighted by Gasteiger charge is 2.29. The third-order valence-corrected chi connectivity index (χ3v) is 3.81. The van der Waals surface area contributed by atoms with Crippen LogP contribution in [0.25, 0.3) is 11.3 Å². The fraction of sp³-hybridized carbons (Fsp3) is 0.333. The molecule has 8 nitrogen and oxygen atoms in total. The van der Waals surface area contributed by atoms with Crippen LogP contribution >= 0.6 is 0 Å². The first-order valence-electron chi connectivity index (χ1n) is 7.84. The number of ketones is 1. The summed E-state index contributed by atoms with van der Waals surface area (Å²) in [5, 5.41) is 4.25. The molecule has 0 fully saturated rings. The Hall–Kier alpha value is -3.16. The third kappa shape index (κ3) is 3.74. The van der Waals surface area contributed by atoms with Gasteiger partial charge in [-0.05, 0) is 31.2 Å². The molecule has 0 saturated carbocycles. The van der Waals surface area contributed by atoms with Crippen LogP contribution in [0.15, 0.2) is 35.1 Å². The Morgan fingerprint density at radius 3 is 2.35 bits per heavy atom. The lowest BCUT2D eigenvalue weighted by Gasteiger charge is -2.20. The second-order valence-corrected chi connectivity index (χ2v) is 5.81. The Morgan fingerprint density at radius 1 is 1.12 bits per heavy atom. The minimum absolute atomic E-state index is 0.373. The van der Waals surface area contributed by atoms with E-state index in [1.54, 1.807) is 18.2 Å². The normalized spacial score (nSPS) is 11.6. The van der Waals surface area contributed by atoms with Gasteiger partial charge >= 0.3 is 0 Å². The summed E-state index contributed by atoms with van der Waals surface area (Å²) >= 11 is 0. The number of Topliss-reactive ketones (excluding diaryl/α,β-unsaturated/α-hetero) is 1. The first-order valence-corrected chi connectivity index (χ1v) is 7.84. The van der Waals surface area contributed by atoms with Gasteiger partial charge in [0, 0.05) is 25.7 Å². The van der Waals surface area contributed by atoms with Crippen LogP contribution in [0.1, 0.15) is 13.0 Å². The lowest BCUT2D eigenvalue weighted by Crippen LogP contribution is -2.41. The van der Waals surface area contributed by atoms with Crippen molar-refractivity contribution in [3.05, 3.63) is 40.7 Å². The minimum Gasteiger partial charge on any atom is -0.497 e. The van der Waals surface area contributed by atoms with Gasteiger partial charge in [0.05, 0.1) is 19.9 Å². The van der Waals surface area contributed by atoms with Gasteiger partial charge in [-0.2, -0.15) is 5.10 Å². The fourth-order valence-corrected chi connectivity index (χ4v) is 2.46. The van der Waals surface area contributed by atoms with Gasteiger partial charge in [-0.1, -0.05) is 0 Å². The molecule has 0 N–H and O–H groups in total. The summed E-state index contributed by atoms with van der Waals surface area (Å²) in [4.78, 5) is 37.9. The molecule has 0 aliphatic rings. The zero-order valence-electron chi connectivity index (χ0n) is 15.3. The summed E-state index contributed by atoms with van der Waals surface area (Å²) in [6, 6.07) is 6.58. The highest BCUT2D eigenvalue weighted by atomic mass is 16.5. The van der Waals surface area contributed by atoms with Gasteiger partial charge in [-0.25, -0.2) is 4.68 Å². The molecule has 0 bridgehead atoms. The second kappa shape index (κ2) is 7.81. The Labute approximate surface area is 150 Å². The standard InChI is InChI=1S/C18H21N3O5/c1-11(22)17(18(24)20(2)3)21-16(23)9-7-14(19-21)13-10-12(25-4)6-8-15(13)26-5/h6-10,17H,1-5H3/t17-/m1/s1. The van der Waals surface area contributed by atoms with Gasteiger partial charge in [0.15, 0.2) is 11.8 Å². The molecule has 1 amide bonds. The Bertz CT molecular complexity index is 889. The zero-order valence-corrected chi connectivity index (χ0v) is 15.3. The summed E-state index contributed by atoms with van der Waals surface area (Å²) in [6.07, 6.45) is 0. The SMILES string of the molecule is COc1ccc(OC)c(-c2ccc(=O)n([C@H](C(C)=O)C(=O)N(C)C)n2)c1. The number of hydrogen-bond acceptors (Lipinski definition) is 6. The number of methoxy groups -OCH3 is 2. The van der Waals surface area contributed by atoms with Crippen LogP contribution in [0.4, 0.5) is 0 Å². The van der Waals surface area contributed by atoms with E-state index in [0.29, 0.717) is 22.8 Å². The van der Waals surface area contributed by atoms with Crippen molar-refractivity contribution in [2.75, 3.05) is 28.3 Å². The van der Waals surface area contributed by atoms with Crippen molar-refractivity contribution in [3.63, 3.8) is 0 Å². The summed E-state index contributed by atoms with van der Waals surface area (Å²) < 4.78 is 11.5. The molecule has 2 rings (SSSR count). The summed E-state index contributed by atoms with van der Waals surface area (Å²) in [5.41, 5.74) is 0.393. The molecule has 0 unspecified atom stereocenters. The van der Waals surface area contributed by atoms with E-state index < -0.39 is 23.3 Å². The van der Waals surface area contributed by atoms with E-state index in [4.69, 9.17) is 9.47 Å². The average molecular weight is 359 g/mol. The minimum atomic E-state index is -1.32. The summed E-state index contributed by atoms with van der Waals surface area (Å²) in [6.45, 7) is 1.25.